The van der Waals surface area contributed by atoms with Gasteiger partial charge in [0.2, 0.25) is 5.95 Å². The van der Waals surface area contributed by atoms with Crippen molar-refractivity contribution in [2.24, 2.45) is 0 Å². The van der Waals surface area contributed by atoms with Crippen LogP contribution in [0.3, 0.4) is 0 Å². The molecule has 1 aliphatic carbocycles. The average Bonchev–Trinajstić information content (AvgIpc) is 4.20. The highest BCUT2D eigenvalue weighted by Gasteiger charge is 2.38. The summed E-state index contributed by atoms with van der Waals surface area (Å²) in [4.78, 5) is 18.2. The maximum atomic E-state index is 5.37. The smallest absolute Gasteiger partial charge is 0.238 e. The van der Waals surface area contributed by atoms with E-state index in [2.05, 4.69) is 266 Å². The van der Waals surface area contributed by atoms with Gasteiger partial charge in [0.15, 0.2) is 11.6 Å². The Morgan fingerprint density at radius 1 is 0.359 bits per heavy atom. The van der Waals surface area contributed by atoms with Crippen LogP contribution in [0.1, 0.15) is 47.6 Å². The minimum Gasteiger partial charge on any atom is -0.310 e. The molecule has 370 valence electrons. The van der Waals surface area contributed by atoms with Crippen LogP contribution in [0.5, 0.6) is 0 Å². The molecule has 0 saturated carbocycles. The van der Waals surface area contributed by atoms with Crippen LogP contribution in [-0.4, -0.2) is 19.5 Å². The van der Waals surface area contributed by atoms with E-state index in [9.17, 15) is 0 Å². The molecule has 11 aromatic carbocycles. The van der Waals surface area contributed by atoms with Crippen LogP contribution in [0.2, 0.25) is 0 Å². The van der Waals surface area contributed by atoms with Crippen LogP contribution in [0.15, 0.2) is 279 Å². The Morgan fingerprint density at radius 2 is 0.846 bits per heavy atom. The lowest BCUT2D eigenvalue weighted by Crippen LogP contribution is -2.14. The highest BCUT2D eigenvalue weighted by atomic mass is 15.2. The Hall–Kier alpha value is -9.97. The molecule has 78 heavy (non-hydrogen) atoms. The van der Waals surface area contributed by atoms with Crippen molar-refractivity contribution in [3.63, 3.8) is 0 Å². The first-order chi connectivity index (χ1) is 38.4. The van der Waals surface area contributed by atoms with Crippen LogP contribution in [0, 0.1) is 0 Å². The quantitative estimate of drug-likeness (QED) is 0.121. The van der Waals surface area contributed by atoms with E-state index in [0.29, 0.717) is 17.6 Å². The highest BCUT2D eigenvalue weighted by Crippen LogP contribution is 2.53. The maximum absolute atomic E-state index is 5.37. The molecule has 0 unspecified atom stereocenters. The molecule has 1 aliphatic rings. The van der Waals surface area contributed by atoms with Crippen molar-refractivity contribution in [3.8, 4) is 62.1 Å². The lowest BCUT2D eigenvalue weighted by molar-refractivity contribution is 0.660. The third kappa shape index (κ3) is 8.16. The molecule has 2 heterocycles. The molecule has 0 amide bonds. The van der Waals surface area contributed by atoms with E-state index in [1.807, 2.05) is 36.4 Å². The Morgan fingerprint density at radius 3 is 1.44 bits per heavy atom. The monoisotopic (exact) mass is 999 g/mol. The van der Waals surface area contributed by atoms with Gasteiger partial charge in [-0.25, -0.2) is 4.98 Å². The van der Waals surface area contributed by atoms with Gasteiger partial charge in [-0.1, -0.05) is 244 Å². The molecule has 2 aromatic heterocycles. The second kappa shape index (κ2) is 19.3. The second-order valence-corrected chi connectivity index (χ2v) is 20.8. The molecule has 0 bridgehead atoms. The summed E-state index contributed by atoms with van der Waals surface area (Å²) in [5.41, 5.74) is 20.3. The van der Waals surface area contributed by atoms with Crippen molar-refractivity contribution in [1.82, 2.24) is 19.5 Å². The summed E-state index contributed by atoms with van der Waals surface area (Å²) in [6, 6.07) is 100. The normalized spacial score (nSPS) is 12.4. The molecule has 5 nitrogen and oxygen atoms in total. The van der Waals surface area contributed by atoms with Gasteiger partial charge >= 0.3 is 0 Å². The van der Waals surface area contributed by atoms with Gasteiger partial charge in [-0.3, -0.25) is 4.57 Å². The van der Waals surface area contributed by atoms with Gasteiger partial charge in [0, 0.05) is 55.9 Å². The first-order valence-corrected chi connectivity index (χ1v) is 26.8. The van der Waals surface area contributed by atoms with E-state index in [4.69, 9.17) is 15.0 Å². The molecular formula is C73H53N5. The summed E-state index contributed by atoms with van der Waals surface area (Å²) >= 11 is 0. The van der Waals surface area contributed by atoms with E-state index >= 15 is 0 Å². The van der Waals surface area contributed by atoms with Crippen molar-refractivity contribution < 1.29 is 0 Å². The minimum atomic E-state index is -0.213. The van der Waals surface area contributed by atoms with Gasteiger partial charge in [0.25, 0.3) is 0 Å². The first kappa shape index (κ1) is 46.6. The molecular weight excluding hydrogens is 947 g/mol. The first-order valence-electron chi connectivity index (χ1n) is 26.8. The molecule has 5 heteroatoms. The molecule has 0 radical (unpaired) electrons. The number of benzene rings is 11. The fourth-order valence-corrected chi connectivity index (χ4v) is 12.0. The highest BCUT2D eigenvalue weighted by molar-refractivity contribution is 6.16. The van der Waals surface area contributed by atoms with Crippen molar-refractivity contribution >= 4 is 38.9 Å². The summed E-state index contributed by atoms with van der Waals surface area (Å²) in [6.45, 7) is 4.68. The van der Waals surface area contributed by atoms with Crippen molar-refractivity contribution in [1.29, 1.82) is 0 Å². The Kier molecular flexibility index (Phi) is 11.5. The lowest BCUT2D eigenvalue weighted by atomic mass is 9.82. The summed E-state index contributed by atoms with van der Waals surface area (Å²) in [5.74, 6) is 1.91. The molecule has 0 N–H and O–H groups in total. The molecule has 0 aliphatic heterocycles. The van der Waals surface area contributed by atoms with E-state index in [-0.39, 0.29) is 11.3 Å². The van der Waals surface area contributed by atoms with Crippen molar-refractivity contribution in [3.05, 3.63) is 307 Å². The van der Waals surface area contributed by atoms with Gasteiger partial charge in [-0.2, -0.15) is 9.97 Å². The summed E-state index contributed by atoms with van der Waals surface area (Å²) in [6.07, 6.45) is 0. The van der Waals surface area contributed by atoms with Crippen LogP contribution in [-0.2, 0) is 5.41 Å². The van der Waals surface area contributed by atoms with Gasteiger partial charge in [-0.15, -0.1) is 0 Å². The van der Waals surface area contributed by atoms with E-state index in [0.717, 1.165) is 66.7 Å². The van der Waals surface area contributed by atoms with Gasteiger partial charge in [-0.05, 0) is 104 Å². The average molecular weight is 1000 g/mol. The Bertz CT molecular complexity index is 4230. The molecule has 13 aromatic rings. The van der Waals surface area contributed by atoms with Crippen LogP contribution < -0.4 is 4.90 Å². The minimum absolute atomic E-state index is 0.0877. The predicted molar refractivity (Wildman–Crippen MR) is 322 cm³/mol. The summed E-state index contributed by atoms with van der Waals surface area (Å²) in [7, 11) is 0. The number of rotatable bonds is 11. The second-order valence-electron chi connectivity index (χ2n) is 20.8. The number of fused-ring (bicyclic) bond motifs is 7. The predicted octanol–water partition coefficient (Wildman–Crippen LogP) is 18.6. The number of hydrogen-bond donors (Lipinski definition) is 0. The number of anilines is 3. The Labute approximate surface area is 455 Å². The third-order valence-electron chi connectivity index (χ3n) is 15.8. The van der Waals surface area contributed by atoms with E-state index in [1.165, 1.54) is 44.5 Å². The van der Waals surface area contributed by atoms with Crippen LogP contribution >= 0.6 is 0 Å². The van der Waals surface area contributed by atoms with E-state index in [1.54, 1.807) is 0 Å². The third-order valence-corrected chi connectivity index (χ3v) is 15.8. The molecule has 0 atom stereocenters. The Balaban J connectivity index is 0.947. The molecule has 0 fully saturated rings. The van der Waals surface area contributed by atoms with Crippen molar-refractivity contribution in [2.45, 2.75) is 25.2 Å². The zero-order valence-electron chi connectivity index (χ0n) is 43.4. The standard InChI is InChI=1S/C73H53N5/c1-73(2)64-37-19-18-36-62(64)68-65(73)44-43-61-63-48-57(40-45-66(63)78(69(61)68)72-75-70(53-28-14-6-15-29-53)74-71(76-72)54-30-16-7-17-31-54)56-33-21-35-60(47-56)77(59-34-20-32-55(46-59)49-22-8-3-9-23-49)58-41-38-52(39-42-58)67(50-24-10-4-11-25-50)51-26-12-5-13-27-51/h3-48,67H,1-2H3. The van der Waals surface area contributed by atoms with Crippen LogP contribution in [0.4, 0.5) is 17.1 Å². The fourth-order valence-electron chi connectivity index (χ4n) is 12.0. The van der Waals surface area contributed by atoms with Crippen LogP contribution in [0.25, 0.3) is 83.9 Å². The van der Waals surface area contributed by atoms with Gasteiger partial charge < -0.3 is 4.90 Å². The zero-order chi connectivity index (χ0) is 52.2. The van der Waals surface area contributed by atoms with Gasteiger partial charge in [0.05, 0.1) is 11.0 Å². The number of nitrogens with zero attached hydrogens (tertiary/aromatic N) is 5. The topological polar surface area (TPSA) is 46.8 Å². The summed E-state index contributed by atoms with van der Waals surface area (Å²) < 4.78 is 2.30. The fraction of sp³-hybridized carbons (Fsp3) is 0.0548. The lowest BCUT2D eigenvalue weighted by Gasteiger charge is -2.27. The number of hydrogen-bond acceptors (Lipinski definition) is 4. The summed E-state index contributed by atoms with van der Waals surface area (Å²) in [5, 5.41) is 2.26. The molecule has 0 spiro atoms. The maximum Gasteiger partial charge on any atom is 0.238 e. The van der Waals surface area contributed by atoms with E-state index < -0.39 is 0 Å². The SMILES string of the molecule is CC1(C)c2ccccc2-c2c1ccc1c3cc(-c4cccc(N(c5ccc(C(c6ccccc6)c6ccccc6)cc5)c5cccc(-c6ccccc6)c5)c4)ccc3n(-c3nc(-c4ccccc4)nc(-c4ccccc4)n3)c21. The molecule has 14 rings (SSSR count). The number of aromatic nitrogens is 4. The zero-order valence-corrected chi connectivity index (χ0v) is 43.4. The molecule has 0 saturated heterocycles. The largest absolute Gasteiger partial charge is 0.310 e. The van der Waals surface area contributed by atoms with Crippen molar-refractivity contribution in [2.75, 3.05) is 4.90 Å². The van der Waals surface area contributed by atoms with Gasteiger partial charge in [0.1, 0.15) is 0 Å².